The van der Waals surface area contributed by atoms with Crippen LogP contribution >= 0.6 is 11.6 Å². The fraction of sp³-hybridized carbons (Fsp3) is 0.545. The van der Waals surface area contributed by atoms with Crippen molar-refractivity contribution in [3.8, 4) is 0 Å². The summed E-state index contributed by atoms with van der Waals surface area (Å²) in [6.45, 7) is 0. The minimum absolute atomic E-state index is 0.492. The molecule has 3 heteroatoms. The van der Waals surface area contributed by atoms with Crippen LogP contribution in [-0.2, 0) is 5.88 Å². The highest BCUT2D eigenvalue weighted by molar-refractivity contribution is 6.16. The summed E-state index contributed by atoms with van der Waals surface area (Å²) in [4.78, 5) is 6.75. The molecule has 1 aliphatic carbocycles. The average molecular weight is 211 g/mol. The molecule has 0 saturated heterocycles. The second kappa shape index (κ2) is 4.18. The van der Waals surface area contributed by atoms with Crippen LogP contribution in [0.15, 0.2) is 18.2 Å². The fourth-order valence-electron chi connectivity index (χ4n) is 1.70. The van der Waals surface area contributed by atoms with Gasteiger partial charge in [-0.25, -0.2) is 4.98 Å². The largest absolute Gasteiger partial charge is 0.357 e. The monoisotopic (exact) mass is 210 g/mol. The van der Waals surface area contributed by atoms with Crippen LogP contribution in [0.4, 0.5) is 5.82 Å². The Morgan fingerprint density at radius 1 is 1.50 bits per heavy atom. The van der Waals surface area contributed by atoms with E-state index in [0.29, 0.717) is 11.9 Å². The molecular weight excluding hydrogens is 196 g/mol. The molecule has 0 unspecified atom stereocenters. The van der Waals surface area contributed by atoms with E-state index in [0.717, 1.165) is 11.5 Å². The smallest absolute Gasteiger partial charge is 0.128 e. The molecule has 1 aliphatic rings. The van der Waals surface area contributed by atoms with Crippen molar-refractivity contribution in [3.63, 3.8) is 0 Å². The fourth-order valence-corrected chi connectivity index (χ4v) is 1.85. The van der Waals surface area contributed by atoms with Gasteiger partial charge in [-0.1, -0.05) is 6.07 Å². The Morgan fingerprint density at radius 3 is 2.86 bits per heavy atom. The molecule has 1 aromatic rings. The summed E-state index contributed by atoms with van der Waals surface area (Å²) in [5.74, 6) is 1.54. The first-order valence-corrected chi connectivity index (χ1v) is 5.59. The number of nitrogens with zero attached hydrogens (tertiary/aromatic N) is 2. The first-order valence-electron chi connectivity index (χ1n) is 5.06. The van der Waals surface area contributed by atoms with Gasteiger partial charge in [-0.05, 0) is 31.4 Å². The summed E-state index contributed by atoms with van der Waals surface area (Å²) >= 11 is 5.75. The Kier molecular flexibility index (Phi) is 2.92. The van der Waals surface area contributed by atoms with Gasteiger partial charge in [-0.2, -0.15) is 0 Å². The molecule has 0 aromatic carbocycles. The van der Waals surface area contributed by atoms with E-state index >= 15 is 0 Å². The molecule has 76 valence electrons. The number of pyridine rings is 1. The predicted molar refractivity (Wildman–Crippen MR) is 59.8 cm³/mol. The van der Waals surface area contributed by atoms with Gasteiger partial charge in [0.1, 0.15) is 5.82 Å². The summed E-state index contributed by atoms with van der Waals surface area (Å²) in [6, 6.07) is 6.72. The van der Waals surface area contributed by atoms with Crippen LogP contribution in [0, 0.1) is 0 Å². The maximum Gasteiger partial charge on any atom is 0.128 e. The van der Waals surface area contributed by atoms with Crippen LogP contribution in [0.2, 0.25) is 0 Å². The van der Waals surface area contributed by atoms with Gasteiger partial charge in [-0.3, -0.25) is 0 Å². The Morgan fingerprint density at radius 2 is 2.29 bits per heavy atom. The zero-order chi connectivity index (χ0) is 9.97. The Hall–Kier alpha value is -0.760. The van der Waals surface area contributed by atoms with Crippen molar-refractivity contribution in [3.05, 3.63) is 23.9 Å². The van der Waals surface area contributed by atoms with Crippen molar-refractivity contribution >= 4 is 17.4 Å². The third-order valence-electron chi connectivity index (χ3n) is 2.91. The first kappa shape index (κ1) is 9.78. The van der Waals surface area contributed by atoms with Gasteiger partial charge in [0.25, 0.3) is 0 Å². The molecule has 0 aliphatic heterocycles. The minimum Gasteiger partial charge on any atom is -0.357 e. The second-order valence-electron chi connectivity index (χ2n) is 3.82. The Labute approximate surface area is 89.9 Å². The Bertz CT molecular complexity index is 310. The number of halogens is 1. The predicted octanol–water partition coefficient (Wildman–Crippen LogP) is 2.81. The lowest BCUT2D eigenvalue weighted by Crippen LogP contribution is -2.37. The van der Waals surface area contributed by atoms with Crippen LogP contribution in [0.5, 0.6) is 0 Å². The van der Waals surface area contributed by atoms with Gasteiger partial charge in [0.05, 0.1) is 11.6 Å². The molecule has 0 bridgehead atoms. The van der Waals surface area contributed by atoms with Gasteiger partial charge >= 0.3 is 0 Å². The van der Waals surface area contributed by atoms with Gasteiger partial charge in [-0.15, -0.1) is 11.6 Å². The van der Waals surface area contributed by atoms with Crippen molar-refractivity contribution < 1.29 is 0 Å². The van der Waals surface area contributed by atoms with E-state index in [1.807, 2.05) is 18.2 Å². The summed E-state index contributed by atoms with van der Waals surface area (Å²) in [5.41, 5.74) is 0.954. The summed E-state index contributed by atoms with van der Waals surface area (Å²) in [5, 5.41) is 0. The van der Waals surface area contributed by atoms with E-state index < -0.39 is 0 Å². The molecule has 14 heavy (non-hydrogen) atoms. The van der Waals surface area contributed by atoms with Crippen molar-refractivity contribution in [2.24, 2.45) is 0 Å². The van der Waals surface area contributed by atoms with Crippen LogP contribution < -0.4 is 4.90 Å². The van der Waals surface area contributed by atoms with Crippen LogP contribution in [0.3, 0.4) is 0 Å². The topological polar surface area (TPSA) is 16.1 Å². The average Bonchev–Trinajstić information content (AvgIpc) is 2.15. The maximum atomic E-state index is 5.75. The molecule has 1 aromatic heterocycles. The van der Waals surface area contributed by atoms with E-state index in [1.54, 1.807) is 0 Å². The lowest BCUT2D eigenvalue weighted by atomic mass is 9.92. The third kappa shape index (κ3) is 1.85. The molecule has 0 radical (unpaired) electrons. The zero-order valence-corrected chi connectivity index (χ0v) is 9.17. The van der Waals surface area contributed by atoms with E-state index in [9.17, 15) is 0 Å². The van der Waals surface area contributed by atoms with Crippen molar-refractivity contribution in [1.82, 2.24) is 4.98 Å². The van der Waals surface area contributed by atoms with Crippen molar-refractivity contribution in [2.75, 3.05) is 11.9 Å². The summed E-state index contributed by atoms with van der Waals surface area (Å²) < 4.78 is 0. The van der Waals surface area contributed by atoms with Crippen molar-refractivity contribution in [2.45, 2.75) is 31.2 Å². The van der Waals surface area contributed by atoms with Crippen molar-refractivity contribution in [1.29, 1.82) is 0 Å². The van der Waals surface area contributed by atoms with Crippen LogP contribution in [0.1, 0.15) is 25.0 Å². The molecule has 1 heterocycles. The molecule has 1 saturated carbocycles. The van der Waals surface area contributed by atoms with Gasteiger partial charge < -0.3 is 4.90 Å². The van der Waals surface area contributed by atoms with Gasteiger partial charge in [0.15, 0.2) is 0 Å². The summed E-state index contributed by atoms with van der Waals surface area (Å²) in [6.07, 6.45) is 3.94. The van der Waals surface area contributed by atoms with Gasteiger partial charge in [0, 0.05) is 13.1 Å². The highest BCUT2D eigenvalue weighted by Gasteiger charge is 2.22. The lowest BCUT2D eigenvalue weighted by molar-refractivity contribution is 0.399. The third-order valence-corrected chi connectivity index (χ3v) is 3.19. The highest BCUT2D eigenvalue weighted by Crippen LogP contribution is 2.27. The quantitative estimate of drug-likeness (QED) is 0.714. The van der Waals surface area contributed by atoms with E-state index in [-0.39, 0.29) is 0 Å². The molecule has 0 amide bonds. The maximum absolute atomic E-state index is 5.75. The number of alkyl halides is 1. The molecule has 1 fully saturated rings. The van der Waals surface area contributed by atoms with Crippen LogP contribution in [-0.4, -0.2) is 18.1 Å². The highest BCUT2D eigenvalue weighted by atomic mass is 35.5. The number of hydrogen-bond acceptors (Lipinski definition) is 2. The zero-order valence-electron chi connectivity index (χ0n) is 8.41. The van der Waals surface area contributed by atoms with E-state index in [1.165, 1.54) is 19.3 Å². The van der Waals surface area contributed by atoms with E-state index in [2.05, 4.69) is 16.9 Å². The molecule has 0 atom stereocenters. The van der Waals surface area contributed by atoms with Gasteiger partial charge in [0.2, 0.25) is 0 Å². The summed E-state index contributed by atoms with van der Waals surface area (Å²) in [7, 11) is 2.12. The number of anilines is 1. The number of rotatable bonds is 3. The standard InChI is InChI=1S/C11H15ClN2/c1-14(10-5-3-6-10)11-7-2-4-9(8-12)13-11/h2,4,7,10H,3,5-6,8H2,1H3. The molecular formula is C11H15ClN2. The number of hydrogen-bond donors (Lipinski definition) is 0. The Balaban J connectivity index is 2.13. The lowest BCUT2D eigenvalue weighted by Gasteiger charge is -2.35. The normalized spacial score (nSPS) is 16.4. The second-order valence-corrected chi connectivity index (χ2v) is 4.08. The molecule has 0 spiro atoms. The first-order chi connectivity index (χ1) is 6.81. The SMILES string of the molecule is CN(c1cccc(CCl)n1)C1CCC1. The molecule has 2 rings (SSSR count). The minimum atomic E-state index is 0.492. The number of aromatic nitrogens is 1. The van der Waals surface area contributed by atoms with Crippen LogP contribution in [0.25, 0.3) is 0 Å². The molecule has 2 nitrogen and oxygen atoms in total. The molecule has 0 N–H and O–H groups in total. The van der Waals surface area contributed by atoms with E-state index in [4.69, 9.17) is 11.6 Å².